The quantitative estimate of drug-likeness (QED) is 0.271. The average molecular weight is 548 g/mol. The van der Waals surface area contributed by atoms with E-state index in [4.69, 9.17) is 4.84 Å². The molecule has 1 heterocycles. The summed E-state index contributed by atoms with van der Waals surface area (Å²) in [6.45, 7) is 11.7. The molecule has 218 valence electrons. The predicted molar refractivity (Wildman–Crippen MR) is 161 cm³/mol. The lowest BCUT2D eigenvalue weighted by atomic mass is 9.47. The van der Waals surface area contributed by atoms with Crippen molar-refractivity contribution in [3.8, 4) is 0 Å². The summed E-state index contributed by atoms with van der Waals surface area (Å²) >= 11 is 0. The zero-order valence-electron chi connectivity index (χ0n) is 24.8. The maximum absolute atomic E-state index is 10.7. The largest absolute Gasteiger partial charge is 0.393 e. The Morgan fingerprint density at radius 2 is 1.75 bits per heavy atom. The standard InChI is InChI=1S/C34H49N3O3/c1-24(35-40-23-28(39)22-36-17-19-37(20-18-36)26-7-5-4-6-8-26)30-11-12-31-29-10-9-25-21-27(38)13-15-33(25,2)32(29)14-16-34(30,31)3/h4-9,11,27-29,31-32,38-39H,10,12-23H2,1-3H3. The molecule has 0 spiro atoms. The molecule has 0 amide bonds. The third-order valence-electron chi connectivity index (χ3n) is 11.5. The van der Waals surface area contributed by atoms with Crippen LogP contribution in [0.4, 0.5) is 5.69 Å². The molecule has 0 aromatic heterocycles. The summed E-state index contributed by atoms with van der Waals surface area (Å²) in [4.78, 5) is 10.5. The van der Waals surface area contributed by atoms with Crippen LogP contribution in [-0.2, 0) is 4.84 Å². The first-order valence-electron chi connectivity index (χ1n) is 15.7. The monoisotopic (exact) mass is 547 g/mol. The van der Waals surface area contributed by atoms with Gasteiger partial charge in [-0.05, 0) is 98.2 Å². The highest BCUT2D eigenvalue weighted by Crippen LogP contribution is 2.65. The average Bonchev–Trinajstić information content (AvgIpc) is 3.31. The van der Waals surface area contributed by atoms with E-state index in [0.29, 0.717) is 18.4 Å². The highest BCUT2D eigenvalue weighted by Gasteiger charge is 2.57. The lowest BCUT2D eigenvalue weighted by molar-refractivity contribution is -0.0281. The van der Waals surface area contributed by atoms with Crippen molar-refractivity contribution in [3.05, 3.63) is 53.6 Å². The molecule has 0 radical (unpaired) electrons. The van der Waals surface area contributed by atoms with Gasteiger partial charge < -0.3 is 20.0 Å². The van der Waals surface area contributed by atoms with Crippen LogP contribution in [0, 0.1) is 28.6 Å². The van der Waals surface area contributed by atoms with Crippen LogP contribution in [0.25, 0.3) is 0 Å². The number of rotatable bonds is 7. The van der Waals surface area contributed by atoms with Gasteiger partial charge in [-0.25, -0.2) is 0 Å². The van der Waals surface area contributed by atoms with E-state index in [1.165, 1.54) is 29.7 Å². The molecule has 1 aliphatic heterocycles. The van der Waals surface area contributed by atoms with Gasteiger partial charge in [-0.3, -0.25) is 4.90 Å². The molecule has 1 saturated heterocycles. The van der Waals surface area contributed by atoms with Crippen LogP contribution >= 0.6 is 0 Å². The Kier molecular flexibility index (Phi) is 7.88. The molecule has 2 N–H and O–H groups in total. The van der Waals surface area contributed by atoms with Gasteiger partial charge in [0.1, 0.15) is 12.7 Å². The Labute approximate surface area is 240 Å². The molecule has 1 aromatic carbocycles. The van der Waals surface area contributed by atoms with Crippen molar-refractivity contribution in [2.75, 3.05) is 44.2 Å². The number of benzene rings is 1. The van der Waals surface area contributed by atoms with Crippen LogP contribution in [-0.4, -0.2) is 72.4 Å². The molecule has 5 aliphatic rings. The fourth-order valence-electron chi connectivity index (χ4n) is 9.22. The van der Waals surface area contributed by atoms with Gasteiger partial charge in [0, 0.05) is 38.4 Å². The Morgan fingerprint density at radius 1 is 1.00 bits per heavy atom. The molecule has 6 rings (SSSR count). The molecule has 3 fully saturated rings. The summed E-state index contributed by atoms with van der Waals surface area (Å²) < 4.78 is 0. The summed E-state index contributed by atoms with van der Waals surface area (Å²) in [5, 5.41) is 25.5. The van der Waals surface area contributed by atoms with Gasteiger partial charge in [-0.15, -0.1) is 0 Å². The highest BCUT2D eigenvalue weighted by molar-refractivity contribution is 5.99. The topological polar surface area (TPSA) is 68.5 Å². The summed E-state index contributed by atoms with van der Waals surface area (Å²) in [7, 11) is 0. The fourth-order valence-corrected chi connectivity index (χ4v) is 9.22. The van der Waals surface area contributed by atoms with Gasteiger partial charge in [0.2, 0.25) is 0 Å². The maximum atomic E-state index is 10.7. The number of piperazine rings is 1. The molecular formula is C34H49N3O3. The van der Waals surface area contributed by atoms with Gasteiger partial charge in [0.05, 0.1) is 11.8 Å². The first-order chi connectivity index (χ1) is 19.3. The smallest absolute Gasteiger partial charge is 0.144 e. The van der Waals surface area contributed by atoms with Gasteiger partial charge in [0.25, 0.3) is 0 Å². The minimum Gasteiger partial charge on any atom is -0.393 e. The van der Waals surface area contributed by atoms with Crippen LogP contribution in [0.15, 0.2) is 58.8 Å². The number of aliphatic hydroxyl groups is 2. The molecule has 7 unspecified atom stereocenters. The van der Waals surface area contributed by atoms with Gasteiger partial charge in [-0.2, -0.15) is 0 Å². The first kappa shape index (κ1) is 28.0. The van der Waals surface area contributed by atoms with E-state index in [1.807, 2.05) is 0 Å². The van der Waals surface area contributed by atoms with Crippen LogP contribution in [0.5, 0.6) is 0 Å². The second-order valence-corrected chi connectivity index (χ2v) is 13.7. The number of hydrogen-bond donors (Lipinski definition) is 2. The number of aliphatic hydroxyl groups excluding tert-OH is 2. The van der Waals surface area contributed by atoms with E-state index >= 15 is 0 Å². The number of allylic oxidation sites excluding steroid dienone is 3. The molecule has 40 heavy (non-hydrogen) atoms. The fraction of sp³-hybridized carbons (Fsp3) is 0.676. The predicted octanol–water partition coefficient (Wildman–Crippen LogP) is 5.42. The van der Waals surface area contributed by atoms with E-state index in [9.17, 15) is 10.2 Å². The molecule has 0 bridgehead atoms. The summed E-state index contributed by atoms with van der Waals surface area (Å²) in [5.74, 6) is 2.08. The van der Waals surface area contributed by atoms with Gasteiger partial charge in [-0.1, -0.05) is 54.9 Å². The Morgan fingerprint density at radius 3 is 2.52 bits per heavy atom. The number of hydrogen-bond acceptors (Lipinski definition) is 6. The van der Waals surface area contributed by atoms with Gasteiger partial charge >= 0.3 is 0 Å². The van der Waals surface area contributed by atoms with Crippen LogP contribution < -0.4 is 4.90 Å². The van der Waals surface area contributed by atoms with Crippen LogP contribution in [0.3, 0.4) is 0 Å². The van der Waals surface area contributed by atoms with Crippen molar-refractivity contribution in [1.82, 2.24) is 4.90 Å². The molecule has 4 aliphatic carbocycles. The van der Waals surface area contributed by atoms with Crippen molar-refractivity contribution >= 4 is 11.4 Å². The van der Waals surface area contributed by atoms with Crippen molar-refractivity contribution < 1.29 is 15.1 Å². The van der Waals surface area contributed by atoms with E-state index in [0.717, 1.165) is 69.9 Å². The number of nitrogens with zero attached hydrogens (tertiary/aromatic N) is 3. The number of fused-ring (bicyclic) bond motifs is 5. The second kappa shape index (κ2) is 11.3. The lowest BCUT2D eigenvalue weighted by Gasteiger charge is -2.57. The van der Waals surface area contributed by atoms with E-state index in [-0.39, 0.29) is 23.5 Å². The highest BCUT2D eigenvalue weighted by atomic mass is 16.6. The summed E-state index contributed by atoms with van der Waals surface area (Å²) in [6.07, 6.45) is 11.9. The molecule has 2 saturated carbocycles. The maximum Gasteiger partial charge on any atom is 0.144 e. The molecule has 6 nitrogen and oxygen atoms in total. The summed E-state index contributed by atoms with van der Waals surface area (Å²) in [6, 6.07) is 10.6. The van der Waals surface area contributed by atoms with Crippen LogP contribution in [0.1, 0.15) is 65.7 Å². The number of oxime groups is 1. The zero-order valence-corrected chi connectivity index (χ0v) is 24.8. The molecular weight excluding hydrogens is 498 g/mol. The Hall–Kier alpha value is -2.15. The zero-order chi connectivity index (χ0) is 27.9. The van der Waals surface area contributed by atoms with E-state index in [2.05, 4.69) is 78.2 Å². The van der Waals surface area contributed by atoms with Crippen molar-refractivity contribution in [3.63, 3.8) is 0 Å². The Balaban J connectivity index is 1.01. The van der Waals surface area contributed by atoms with E-state index < -0.39 is 6.10 Å². The molecule has 6 heteroatoms. The third kappa shape index (κ3) is 5.16. The number of para-hydroxylation sites is 1. The number of anilines is 1. The minimum absolute atomic E-state index is 0.144. The van der Waals surface area contributed by atoms with Gasteiger partial charge in [0.15, 0.2) is 0 Å². The SMILES string of the molecule is CC(=NOCC(O)CN1CCN(c2ccccc2)CC1)C1=CCC2C3CC=C4CC(O)CCC4(C)C3CCC12C. The number of β-amino-alcohol motifs (C(OH)–C–C–N with tert-alkyl or cyclic N) is 1. The third-order valence-corrected chi connectivity index (χ3v) is 11.5. The Bertz CT molecular complexity index is 1140. The van der Waals surface area contributed by atoms with E-state index in [1.54, 1.807) is 0 Å². The molecule has 1 aromatic rings. The van der Waals surface area contributed by atoms with Crippen LogP contribution in [0.2, 0.25) is 0 Å². The minimum atomic E-state index is -0.547. The first-order valence-corrected chi connectivity index (χ1v) is 15.7. The lowest BCUT2D eigenvalue weighted by Crippen LogP contribution is -2.50. The van der Waals surface area contributed by atoms with Crippen molar-refractivity contribution in [2.24, 2.45) is 33.7 Å². The van der Waals surface area contributed by atoms with Crippen molar-refractivity contribution in [1.29, 1.82) is 0 Å². The summed E-state index contributed by atoms with van der Waals surface area (Å²) in [5.41, 5.74) is 5.56. The second-order valence-electron chi connectivity index (χ2n) is 13.7. The van der Waals surface area contributed by atoms with Crippen molar-refractivity contribution in [2.45, 2.75) is 77.9 Å². The normalized spacial score (nSPS) is 37.1. The molecule has 7 atom stereocenters.